The number of hydrogen-bond donors (Lipinski definition) is 1. The third-order valence-electron chi connectivity index (χ3n) is 0.348. The zero-order chi connectivity index (χ0) is 13.9. The molecule has 0 radical (unpaired) electrons. The first kappa shape index (κ1) is 29.3. The smallest absolute Gasteiger partial charge is 0.217 e. The molecule has 0 spiro atoms. The van der Waals surface area contributed by atoms with Gasteiger partial charge in [-0.15, -0.1) is 0 Å². The van der Waals surface area contributed by atoms with Crippen LogP contribution in [0, 0.1) is 5.92 Å². The van der Waals surface area contributed by atoms with Crippen LogP contribution in [0.5, 0.6) is 0 Å². The molecule has 98 valence electrons. The Labute approximate surface area is 98.6 Å². The van der Waals surface area contributed by atoms with Crippen LogP contribution in [0.2, 0.25) is 0 Å². The van der Waals surface area contributed by atoms with Crippen LogP contribution in [0.3, 0.4) is 0 Å². The average molecular weight is 221 g/mol. The van der Waals surface area contributed by atoms with Crippen molar-refractivity contribution >= 4 is 5.91 Å². The van der Waals surface area contributed by atoms with E-state index in [9.17, 15) is 4.79 Å². The van der Waals surface area contributed by atoms with E-state index in [1.807, 2.05) is 41.5 Å². The minimum atomic E-state index is -0.245. The number of primary amides is 1. The molecule has 15 heavy (non-hydrogen) atoms. The standard InChI is InChI=1S/C4H10.C3H7NO.3C2H6/c1-4(2)3;1-2-3(4)5;3*1-2/h4H,1-3H3;2H2,1H3,(H2,4,5);3*1-2H3. The van der Waals surface area contributed by atoms with Crippen LogP contribution in [0.1, 0.15) is 75.7 Å². The van der Waals surface area contributed by atoms with E-state index in [1.165, 1.54) is 0 Å². The van der Waals surface area contributed by atoms with Gasteiger partial charge in [0.1, 0.15) is 0 Å². The molecule has 0 aromatic rings. The minimum Gasteiger partial charge on any atom is -0.370 e. The number of nitrogens with two attached hydrogens (primary N) is 1. The highest BCUT2D eigenvalue weighted by molar-refractivity contribution is 5.73. The Bertz CT molecular complexity index is 68.2. The molecule has 2 N–H and O–H groups in total. The summed E-state index contributed by atoms with van der Waals surface area (Å²) in [5, 5.41) is 0. The van der Waals surface area contributed by atoms with Crippen molar-refractivity contribution in [3.8, 4) is 0 Å². The van der Waals surface area contributed by atoms with Gasteiger partial charge in [-0.3, -0.25) is 4.79 Å². The molecule has 2 heteroatoms. The van der Waals surface area contributed by atoms with Crippen LogP contribution in [0.15, 0.2) is 0 Å². The predicted octanol–water partition coefficient (Wildman–Crippen LogP) is 4.62. The van der Waals surface area contributed by atoms with Gasteiger partial charge in [-0.25, -0.2) is 0 Å². The molecule has 0 saturated heterocycles. The Morgan fingerprint density at radius 2 is 1.00 bits per heavy atom. The van der Waals surface area contributed by atoms with Crippen molar-refractivity contribution in [1.29, 1.82) is 0 Å². The normalized spacial score (nSPS) is 6.07. The lowest BCUT2D eigenvalue weighted by atomic mass is 10.3. The van der Waals surface area contributed by atoms with Crippen molar-refractivity contribution in [3.05, 3.63) is 0 Å². The van der Waals surface area contributed by atoms with Gasteiger partial charge in [0.25, 0.3) is 0 Å². The van der Waals surface area contributed by atoms with Crippen molar-refractivity contribution in [2.75, 3.05) is 0 Å². The van der Waals surface area contributed by atoms with Crippen LogP contribution in [-0.2, 0) is 4.79 Å². The fraction of sp³-hybridized carbons (Fsp3) is 0.923. The van der Waals surface area contributed by atoms with Crippen molar-refractivity contribution < 1.29 is 4.79 Å². The molecular weight excluding hydrogens is 186 g/mol. The highest BCUT2D eigenvalue weighted by atomic mass is 16.1. The van der Waals surface area contributed by atoms with Crippen molar-refractivity contribution in [2.45, 2.75) is 75.7 Å². The summed E-state index contributed by atoms with van der Waals surface area (Å²) >= 11 is 0. The van der Waals surface area contributed by atoms with E-state index in [0.29, 0.717) is 6.42 Å². The highest BCUT2D eigenvalue weighted by Gasteiger charge is 1.77. The van der Waals surface area contributed by atoms with E-state index in [-0.39, 0.29) is 5.91 Å². The van der Waals surface area contributed by atoms with Gasteiger partial charge in [-0.1, -0.05) is 69.2 Å². The first-order valence-corrected chi connectivity index (χ1v) is 6.29. The van der Waals surface area contributed by atoms with E-state index in [0.717, 1.165) is 5.92 Å². The number of hydrogen-bond acceptors (Lipinski definition) is 1. The Morgan fingerprint density at radius 3 is 1.00 bits per heavy atom. The fourth-order valence-corrected chi connectivity index (χ4v) is 0. The highest BCUT2D eigenvalue weighted by Crippen LogP contribution is 1.81. The summed E-state index contributed by atoms with van der Waals surface area (Å²) in [6.07, 6.45) is 0.444. The first-order chi connectivity index (χ1) is 7.00. The maximum atomic E-state index is 9.59. The average Bonchev–Trinajstić information content (AvgIpc) is 2.26. The quantitative estimate of drug-likeness (QED) is 0.689. The van der Waals surface area contributed by atoms with E-state index >= 15 is 0 Å². The van der Waals surface area contributed by atoms with E-state index < -0.39 is 0 Å². The topological polar surface area (TPSA) is 43.1 Å². The van der Waals surface area contributed by atoms with Crippen molar-refractivity contribution in [3.63, 3.8) is 0 Å². The van der Waals surface area contributed by atoms with Crippen LogP contribution < -0.4 is 5.73 Å². The zero-order valence-corrected chi connectivity index (χ0v) is 12.8. The van der Waals surface area contributed by atoms with Crippen LogP contribution in [0.25, 0.3) is 0 Å². The maximum Gasteiger partial charge on any atom is 0.217 e. The van der Waals surface area contributed by atoms with Crippen LogP contribution in [0.4, 0.5) is 0 Å². The number of carbonyl (C=O) groups excluding carboxylic acids is 1. The fourth-order valence-electron chi connectivity index (χ4n) is 0. The SMILES string of the molecule is CC.CC.CC.CC(C)C.CCC(N)=O. The van der Waals surface area contributed by atoms with Gasteiger partial charge in [0.15, 0.2) is 0 Å². The van der Waals surface area contributed by atoms with Crippen LogP contribution >= 0.6 is 0 Å². The molecule has 0 aliphatic carbocycles. The molecule has 0 aromatic heterocycles. The molecule has 2 nitrogen and oxygen atoms in total. The third kappa shape index (κ3) is 820. The zero-order valence-electron chi connectivity index (χ0n) is 12.8. The lowest BCUT2D eigenvalue weighted by Crippen LogP contribution is -2.06. The van der Waals surface area contributed by atoms with Gasteiger partial charge in [0, 0.05) is 6.42 Å². The van der Waals surface area contributed by atoms with Gasteiger partial charge < -0.3 is 5.73 Å². The maximum absolute atomic E-state index is 9.59. The molecule has 0 atom stereocenters. The van der Waals surface area contributed by atoms with E-state index in [4.69, 9.17) is 0 Å². The summed E-state index contributed by atoms with van der Waals surface area (Å²) in [5.74, 6) is 0.588. The minimum absolute atomic E-state index is 0.245. The number of carbonyl (C=O) groups is 1. The Kier molecular flexibility index (Phi) is 97.7. The summed E-state index contributed by atoms with van der Waals surface area (Å²) in [6.45, 7) is 20.2. The molecule has 0 unspecified atom stereocenters. The monoisotopic (exact) mass is 221 g/mol. The predicted molar refractivity (Wildman–Crippen MR) is 74.0 cm³/mol. The Hall–Kier alpha value is -0.530. The molecule has 0 aliphatic rings. The molecule has 0 bridgehead atoms. The number of rotatable bonds is 1. The lowest BCUT2D eigenvalue weighted by Gasteiger charge is -1.79. The largest absolute Gasteiger partial charge is 0.370 e. The molecule has 0 heterocycles. The molecule has 0 rings (SSSR count). The molecule has 0 aliphatic heterocycles. The second-order valence-electron chi connectivity index (χ2n) is 2.55. The Morgan fingerprint density at radius 1 is 0.933 bits per heavy atom. The lowest BCUT2D eigenvalue weighted by molar-refractivity contribution is -0.117. The van der Waals surface area contributed by atoms with E-state index in [1.54, 1.807) is 6.92 Å². The van der Waals surface area contributed by atoms with Gasteiger partial charge in [-0.05, 0) is 5.92 Å². The van der Waals surface area contributed by atoms with Gasteiger partial charge in [-0.2, -0.15) is 0 Å². The first-order valence-electron chi connectivity index (χ1n) is 6.29. The van der Waals surface area contributed by atoms with Crippen molar-refractivity contribution in [1.82, 2.24) is 0 Å². The summed E-state index contributed by atoms with van der Waals surface area (Å²) in [7, 11) is 0. The molecular formula is C13H35NO. The second-order valence-corrected chi connectivity index (χ2v) is 2.55. The summed E-state index contributed by atoms with van der Waals surface area (Å²) in [5.41, 5.74) is 4.65. The van der Waals surface area contributed by atoms with Gasteiger partial charge >= 0.3 is 0 Å². The van der Waals surface area contributed by atoms with Crippen molar-refractivity contribution in [2.24, 2.45) is 11.7 Å². The second kappa shape index (κ2) is 50.0. The number of amides is 1. The summed E-state index contributed by atoms with van der Waals surface area (Å²) in [6, 6.07) is 0. The van der Waals surface area contributed by atoms with Crippen LogP contribution in [-0.4, -0.2) is 5.91 Å². The van der Waals surface area contributed by atoms with E-state index in [2.05, 4.69) is 26.5 Å². The van der Waals surface area contributed by atoms with Gasteiger partial charge in [0.2, 0.25) is 5.91 Å². The molecule has 0 fully saturated rings. The Balaban J connectivity index is -0.0000000301. The third-order valence-corrected chi connectivity index (χ3v) is 0.348. The molecule has 0 saturated carbocycles. The summed E-state index contributed by atoms with van der Waals surface area (Å²) in [4.78, 5) is 9.59. The summed E-state index contributed by atoms with van der Waals surface area (Å²) < 4.78 is 0. The molecule has 0 aromatic carbocycles. The molecule has 1 amide bonds. The van der Waals surface area contributed by atoms with Gasteiger partial charge in [0.05, 0.1) is 0 Å².